The molecule has 0 radical (unpaired) electrons. The Balaban J connectivity index is 0.945. The van der Waals surface area contributed by atoms with Crippen molar-refractivity contribution in [2.75, 3.05) is 53.3 Å². The first kappa shape index (κ1) is 38.1. The fourth-order valence-electron chi connectivity index (χ4n) is 8.08. The first-order chi connectivity index (χ1) is 27.0. The topological polar surface area (TPSA) is 104 Å². The van der Waals surface area contributed by atoms with E-state index in [2.05, 4.69) is 15.5 Å². The molecule has 3 aliphatic heterocycles. The first-order valence-electron chi connectivity index (χ1n) is 18.8. The van der Waals surface area contributed by atoms with Crippen molar-refractivity contribution >= 4 is 75.6 Å². The van der Waals surface area contributed by atoms with Crippen LogP contribution in [-0.2, 0) is 28.5 Å². The van der Waals surface area contributed by atoms with Gasteiger partial charge in [0.1, 0.15) is 5.82 Å². The van der Waals surface area contributed by atoms with Gasteiger partial charge in [-0.1, -0.05) is 0 Å². The molecule has 4 aromatic rings. The van der Waals surface area contributed by atoms with Gasteiger partial charge in [-0.25, -0.2) is 4.98 Å². The number of ether oxygens (including phenoxy) is 1. The molecule has 1 aliphatic carbocycles. The van der Waals surface area contributed by atoms with Crippen molar-refractivity contribution in [1.29, 1.82) is 0 Å². The average molecular weight is 951 g/mol. The maximum absolute atomic E-state index is 14.0. The number of aromatic nitrogens is 1. The number of allylic oxidation sites excluding steroid dienone is 1. The molecule has 2 fully saturated rings. The van der Waals surface area contributed by atoms with Crippen LogP contribution in [0.2, 0.25) is 0 Å². The molecule has 56 heavy (non-hydrogen) atoms. The molecule has 0 bridgehead atoms. The van der Waals surface area contributed by atoms with Crippen LogP contribution in [-0.4, -0.2) is 81.3 Å². The third-order valence-electron chi connectivity index (χ3n) is 11.1. The molecule has 2 N–H and O–H groups in total. The number of pyridine rings is 1. The first-order valence-corrected chi connectivity index (χ1v) is 21.0. The van der Waals surface area contributed by atoms with E-state index in [4.69, 9.17) is 9.72 Å². The summed E-state index contributed by atoms with van der Waals surface area (Å²) in [4.78, 5) is 49.6. The van der Waals surface area contributed by atoms with Crippen molar-refractivity contribution in [3.05, 3.63) is 124 Å². The molecule has 0 atom stereocenters. The van der Waals surface area contributed by atoms with Crippen LogP contribution in [0.5, 0.6) is 0 Å². The van der Waals surface area contributed by atoms with Crippen molar-refractivity contribution in [1.82, 2.24) is 4.98 Å². The Hall–Kier alpha value is -4.83. The second-order valence-corrected chi connectivity index (χ2v) is 17.3. The summed E-state index contributed by atoms with van der Waals surface area (Å²) in [5.41, 5.74) is 5.09. The standard InChI is InChI=1S/C43H39F3N5O4.Tl/c44-43(45,46)34-8-2-3-9-36(34)48-38(52)17-12-28-18-21-51(37-11-4-1-6-31(37)24-28)41(54)29-13-15-32(16-14-29)47-40(53)33-25-30-7-5-10-35(30)49-39(33)50-26-42(27-50)19-22-55-23-20-42;/h1-4,6,8,11-17,24-25H,5,7,10,18-23,26-27H2,(H,47,53)(H,48,52);. The molecule has 4 aliphatic rings. The van der Waals surface area contributed by atoms with Crippen LogP contribution in [0.15, 0.2) is 90.5 Å². The third-order valence-corrected chi connectivity index (χ3v) is 13.0. The van der Waals surface area contributed by atoms with Gasteiger partial charge in [0, 0.05) is 43.1 Å². The Morgan fingerprint density at radius 3 is 2.45 bits per heavy atom. The van der Waals surface area contributed by atoms with Gasteiger partial charge in [-0.05, 0) is 68.0 Å². The van der Waals surface area contributed by atoms with Crippen molar-refractivity contribution < 1.29 is 32.3 Å². The van der Waals surface area contributed by atoms with Crippen molar-refractivity contribution in [3.8, 4) is 0 Å². The van der Waals surface area contributed by atoms with Crippen LogP contribution >= 0.6 is 0 Å². The van der Waals surface area contributed by atoms with Gasteiger partial charge in [-0.2, -0.15) is 0 Å². The molecule has 13 heteroatoms. The Bertz CT molecular complexity index is 2260. The number of carbonyl (C=O) groups is 3. The van der Waals surface area contributed by atoms with Gasteiger partial charge < -0.3 is 15.0 Å². The van der Waals surface area contributed by atoms with E-state index in [1.165, 1.54) is 12.1 Å². The number of carbonyl (C=O) groups excluding carboxylic acids is 3. The zero-order valence-corrected chi connectivity index (χ0v) is 35.1. The summed E-state index contributed by atoms with van der Waals surface area (Å²) in [6, 6.07) is 20.1. The molecule has 3 amide bonds. The van der Waals surface area contributed by atoms with Gasteiger partial charge in [0.05, 0.1) is 5.56 Å². The summed E-state index contributed by atoms with van der Waals surface area (Å²) in [6.07, 6.45) is 5.38. The summed E-state index contributed by atoms with van der Waals surface area (Å²) in [7, 11) is 0. The quantitative estimate of drug-likeness (QED) is 0.155. The molecule has 0 saturated carbocycles. The number of alkyl halides is 3. The molecule has 3 aromatic carbocycles. The fourth-order valence-corrected chi connectivity index (χ4v) is 9.40. The number of aryl methyl sites for hydroxylation is 2. The van der Waals surface area contributed by atoms with E-state index < -0.39 is 17.6 Å². The van der Waals surface area contributed by atoms with Crippen LogP contribution in [0.1, 0.15) is 68.8 Å². The SMILES string of the molecule is O=C(C=CC1=Cc2ccccc2N(C(=O)c2ccc(NC(=O)c3cc4c(nc3N3CC5(CCOCC5)C3)CCC4)cc2)CC1)Nc1[c]([Tl])cccc1C(F)(F)F. The molecule has 9 nitrogen and oxygen atoms in total. The molecule has 0 unspecified atom stereocenters. The zero-order valence-electron chi connectivity index (χ0n) is 30.6. The Kier molecular flexibility index (Phi) is 10.6. The fraction of sp³-hybridized carbons (Fsp3) is 0.302. The predicted octanol–water partition coefficient (Wildman–Crippen LogP) is 6.88. The van der Waals surface area contributed by atoms with E-state index in [9.17, 15) is 27.6 Å². The molecule has 284 valence electrons. The second kappa shape index (κ2) is 15.6. The van der Waals surface area contributed by atoms with E-state index in [-0.39, 0.29) is 48.7 Å². The van der Waals surface area contributed by atoms with Crippen molar-refractivity contribution in [3.63, 3.8) is 0 Å². The van der Waals surface area contributed by atoms with E-state index in [0.29, 0.717) is 38.6 Å². The number of nitrogens with zero attached hydrogens (tertiary/aromatic N) is 3. The number of halogens is 3. The Morgan fingerprint density at radius 2 is 1.68 bits per heavy atom. The summed E-state index contributed by atoms with van der Waals surface area (Å²) in [5.74, 6) is -0.410. The minimum atomic E-state index is -4.60. The molecular formula is C43H39F3N5O4Tl. The number of amides is 3. The Labute approximate surface area is 338 Å². The number of benzene rings is 3. The molecule has 1 aromatic heterocycles. The molecular weight excluding hydrogens is 912 g/mol. The third kappa shape index (κ3) is 7.90. The summed E-state index contributed by atoms with van der Waals surface area (Å²) < 4.78 is 46.9. The number of anilines is 4. The van der Waals surface area contributed by atoms with Gasteiger partial charge in [0.25, 0.3) is 5.91 Å². The van der Waals surface area contributed by atoms with E-state index in [1.807, 2.05) is 36.4 Å². The Morgan fingerprint density at radius 1 is 0.911 bits per heavy atom. The molecule has 2 saturated heterocycles. The van der Waals surface area contributed by atoms with Crippen molar-refractivity contribution in [2.24, 2.45) is 5.41 Å². The summed E-state index contributed by atoms with van der Waals surface area (Å²) >= 11 is 0.0857. The van der Waals surface area contributed by atoms with Gasteiger partial charge in [0.2, 0.25) is 0 Å². The van der Waals surface area contributed by atoms with Gasteiger partial charge in [-0.3, -0.25) is 4.79 Å². The normalized spacial score (nSPS) is 17.4. The summed E-state index contributed by atoms with van der Waals surface area (Å²) in [6.45, 7) is 3.57. The number of para-hydroxylation sites is 2. The van der Waals surface area contributed by atoms with E-state index in [0.717, 1.165) is 92.7 Å². The van der Waals surface area contributed by atoms with Gasteiger partial charge in [-0.15, -0.1) is 0 Å². The van der Waals surface area contributed by atoms with Crippen LogP contribution in [0, 0.1) is 5.41 Å². The number of hydrogen-bond acceptors (Lipinski definition) is 6. The van der Waals surface area contributed by atoms with Crippen LogP contribution in [0.3, 0.4) is 0 Å². The molecule has 4 heterocycles. The molecule has 8 rings (SSSR count). The van der Waals surface area contributed by atoms with E-state index >= 15 is 0 Å². The monoisotopic (exact) mass is 951 g/mol. The number of nitrogens with one attached hydrogen (secondary N) is 2. The van der Waals surface area contributed by atoms with Gasteiger partial charge in [0.15, 0.2) is 0 Å². The van der Waals surface area contributed by atoms with Crippen molar-refractivity contribution in [2.45, 2.75) is 44.7 Å². The number of hydrogen-bond donors (Lipinski definition) is 2. The minimum absolute atomic E-state index is 0.0857. The molecule has 1 spiro atoms. The predicted molar refractivity (Wildman–Crippen MR) is 211 cm³/mol. The van der Waals surface area contributed by atoms with Crippen LogP contribution < -0.4 is 23.6 Å². The number of fused-ring (bicyclic) bond motifs is 2. The van der Waals surface area contributed by atoms with E-state index in [1.54, 1.807) is 41.3 Å². The summed E-state index contributed by atoms with van der Waals surface area (Å²) in [5, 5.41) is 5.48. The number of rotatable bonds is 7. The maximum atomic E-state index is 14.0. The van der Waals surface area contributed by atoms with Crippen LogP contribution in [0.25, 0.3) is 6.08 Å². The zero-order chi connectivity index (χ0) is 39.0. The second-order valence-electron chi connectivity index (χ2n) is 14.9. The van der Waals surface area contributed by atoms with Gasteiger partial charge >= 0.3 is 187 Å². The van der Waals surface area contributed by atoms with Crippen LogP contribution in [0.4, 0.5) is 36.1 Å². The average Bonchev–Trinajstić information content (AvgIpc) is 3.56.